The number of hydroxylamine groups is 2. The summed E-state index contributed by atoms with van der Waals surface area (Å²) in [5.74, 6) is -3.00. The molecule has 0 bridgehead atoms. The van der Waals surface area contributed by atoms with Crippen LogP contribution in [0.25, 0.3) is 10.4 Å². The van der Waals surface area contributed by atoms with Gasteiger partial charge >= 0.3 is 17.8 Å². The largest absolute Gasteiger partial charge is 0.478 e. The highest BCUT2D eigenvalue weighted by Crippen LogP contribution is 2.39. The highest BCUT2D eigenvalue weighted by molar-refractivity contribution is 6.14. The van der Waals surface area contributed by atoms with E-state index in [1.807, 2.05) is 0 Å². The Labute approximate surface area is 111 Å². The lowest BCUT2D eigenvalue weighted by Gasteiger charge is -2.20. The number of carbonyl (C=O) groups is 3. The second kappa shape index (κ2) is 4.74. The number of carboxylic acids is 1. The summed E-state index contributed by atoms with van der Waals surface area (Å²) < 4.78 is -1.67. The van der Waals surface area contributed by atoms with Crippen molar-refractivity contribution in [2.45, 2.75) is 12.8 Å². The van der Waals surface area contributed by atoms with Gasteiger partial charge in [0.15, 0.2) is 5.69 Å². The van der Waals surface area contributed by atoms with Crippen molar-refractivity contribution >= 4 is 29.2 Å². The standard InChI is InChI=1S/C11H8N4O5/c12-14-13-10-6(11(18)19)2-1-3-7(10)15(20)8(16)4-5-9(15)17/h1-3,20H,4-5H2/p+1. The van der Waals surface area contributed by atoms with Crippen molar-refractivity contribution in [2.24, 2.45) is 5.11 Å². The van der Waals surface area contributed by atoms with Gasteiger partial charge in [0.25, 0.3) is 0 Å². The molecular weight excluding hydrogens is 268 g/mol. The van der Waals surface area contributed by atoms with Gasteiger partial charge in [-0.1, -0.05) is 11.2 Å². The molecule has 1 heterocycles. The molecule has 2 amide bonds. The van der Waals surface area contributed by atoms with Gasteiger partial charge in [0, 0.05) is 11.0 Å². The lowest BCUT2D eigenvalue weighted by molar-refractivity contribution is -0.168. The summed E-state index contributed by atoms with van der Waals surface area (Å²) in [5.41, 5.74) is 7.31. The monoisotopic (exact) mass is 277 g/mol. The minimum absolute atomic E-state index is 0.164. The molecule has 20 heavy (non-hydrogen) atoms. The number of carbonyl (C=O) groups excluding carboxylic acids is 2. The normalized spacial score (nSPS) is 16.9. The molecule has 1 aliphatic rings. The van der Waals surface area contributed by atoms with E-state index in [-0.39, 0.29) is 18.5 Å². The molecule has 102 valence electrons. The van der Waals surface area contributed by atoms with Gasteiger partial charge in [-0.05, 0) is 16.2 Å². The maximum atomic E-state index is 11.8. The van der Waals surface area contributed by atoms with E-state index in [0.29, 0.717) is 0 Å². The van der Waals surface area contributed by atoms with Crippen LogP contribution in [-0.4, -0.2) is 28.1 Å². The van der Waals surface area contributed by atoms with Crippen molar-refractivity contribution in [3.8, 4) is 0 Å². The molecule has 1 aromatic carbocycles. The van der Waals surface area contributed by atoms with Crippen molar-refractivity contribution in [1.29, 1.82) is 0 Å². The Morgan fingerprint density at radius 3 is 2.40 bits per heavy atom. The van der Waals surface area contributed by atoms with Crippen LogP contribution >= 0.6 is 0 Å². The number of amides is 2. The van der Waals surface area contributed by atoms with E-state index in [1.54, 1.807) is 0 Å². The molecule has 0 aliphatic carbocycles. The van der Waals surface area contributed by atoms with Gasteiger partial charge in [-0.15, -0.1) is 0 Å². The maximum absolute atomic E-state index is 11.8. The second-order valence-electron chi connectivity index (χ2n) is 4.09. The Morgan fingerprint density at radius 1 is 1.30 bits per heavy atom. The minimum Gasteiger partial charge on any atom is -0.478 e. The second-order valence-corrected chi connectivity index (χ2v) is 4.09. The summed E-state index contributed by atoms with van der Waals surface area (Å²) in [5, 5.41) is 22.5. The average molecular weight is 277 g/mol. The summed E-state index contributed by atoms with van der Waals surface area (Å²) >= 11 is 0. The topological polar surface area (TPSA) is 140 Å². The summed E-state index contributed by atoms with van der Waals surface area (Å²) in [6.07, 6.45) is -0.329. The molecule has 2 N–H and O–H groups in total. The highest BCUT2D eigenvalue weighted by atomic mass is 16.6. The van der Waals surface area contributed by atoms with E-state index in [1.165, 1.54) is 12.1 Å². The van der Waals surface area contributed by atoms with Gasteiger partial charge in [0.2, 0.25) is 0 Å². The number of rotatable bonds is 3. The SMILES string of the molecule is [N-]=[N+]=Nc1c(C(=O)O)cccc1[N+]1(O)C(=O)CCC1=O. The van der Waals surface area contributed by atoms with Gasteiger partial charge in [-0.3, -0.25) is 0 Å². The quantitative estimate of drug-likeness (QED) is 0.216. The number of hydrogen-bond donors (Lipinski definition) is 2. The fourth-order valence-corrected chi connectivity index (χ4v) is 2.06. The summed E-state index contributed by atoms with van der Waals surface area (Å²) in [4.78, 5) is 37.1. The van der Waals surface area contributed by atoms with Gasteiger partial charge < -0.3 is 5.11 Å². The zero-order valence-electron chi connectivity index (χ0n) is 10.1. The Balaban J connectivity index is 2.78. The third-order valence-corrected chi connectivity index (χ3v) is 3.01. The van der Waals surface area contributed by atoms with Crippen molar-refractivity contribution < 1.29 is 24.7 Å². The molecule has 0 aromatic heterocycles. The molecule has 1 fully saturated rings. The van der Waals surface area contributed by atoms with Crippen LogP contribution in [0, 0.1) is 0 Å². The van der Waals surface area contributed by atoms with Crippen LogP contribution in [0.3, 0.4) is 0 Å². The van der Waals surface area contributed by atoms with E-state index in [2.05, 4.69) is 10.0 Å². The van der Waals surface area contributed by atoms with Crippen molar-refractivity contribution in [3.05, 3.63) is 34.2 Å². The number of aromatic carboxylic acids is 1. The minimum atomic E-state index is -1.67. The van der Waals surface area contributed by atoms with E-state index in [0.717, 1.165) is 6.07 Å². The first kappa shape index (κ1) is 13.7. The fourth-order valence-electron chi connectivity index (χ4n) is 2.06. The molecular formula is C11H9N4O5+. The smallest absolute Gasteiger partial charge is 0.359 e. The van der Waals surface area contributed by atoms with Crippen LogP contribution in [0.2, 0.25) is 0 Å². The fraction of sp³-hybridized carbons (Fsp3) is 0.182. The lowest BCUT2D eigenvalue weighted by atomic mass is 10.1. The number of hydrogen-bond acceptors (Lipinski definition) is 5. The number of carboxylic acid groups (broad SMARTS) is 1. The Bertz CT molecular complexity index is 661. The number of azide groups is 1. The average Bonchev–Trinajstić information content (AvgIpc) is 2.67. The molecule has 0 radical (unpaired) electrons. The van der Waals surface area contributed by atoms with Crippen LogP contribution in [0.5, 0.6) is 0 Å². The van der Waals surface area contributed by atoms with Crippen molar-refractivity contribution in [3.63, 3.8) is 0 Å². The number of quaternary nitrogens is 1. The van der Waals surface area contributed by atoms with E-state index >= 15 is 0 Å². The summed E-state index contributed by atoms with van der Waals surface area (Å²) in [7, 11) is 0. The molecule has 0 atom stereocenters. The molecule has 9 nitrogen and oxygen atoms in total. The lowest BCUT2D eigenvalue weighted by Crippen LogP contribution is -2.50. The third-order valence-electron chi connectivity index (χ3n) is 3.01. The van der Waals surface area contributed by atoms with Gasteiger partial charge in [-0.2, -0.15) is 5.21 Å². The molecule has 1 aliphatic heterocycles. The number of imide groups is 1. The van der Waals surface area contributed by atoms with Crippen molar-refractivity contribution in [2.75, 3.05) is 0 Å². The Hall–Kier alpha value is -2.74. The number of benzene rings is 1. The summed E-state index contributed by atoms with van der Waals surface area (Å²) in [6.45, 7) is 0. The van der Waals surface area contributed by atoms with E-state index in [4.69, 9.17) is 10.6 Å². The van der Waals surface area contributed by atoms with Crippen LogP contribution in [0.15, 0.2) is 23.3 Å². The molecule has 2 rings (SSSR count). The third kappa shape index (κ3) is 1.82. The molecule has 1 saturated heterocycles. The van der Waals surface area contributed by atoms with Crippen LogP contribution < -0.4 is 4.65 Å². The highest BCUT2D eigenvalue weighted by Gasteiger charge is 2.53. The molecule has 0 saturated carbocycles. The van der Waals surface area contributed by atoms with E-state index in [9.17, 15) is 19.6 Å². The predicted octanol–water partition coefficient (Wildman–Crippen LogP) is 1.87. The molecule has 9 heteroatoms. The predicted molar refractivity (Wildman–Crippen MR) is 65.0 cm³/mol. The van der Waals surface area contributed by atoms with E-state index < -0.39 is 33.7 Å². The Kier molecular flexibility index (Phi) is 3.24. The Morgan fingerprint density at radius 2 is 1.90 bits per heavy atom. The van der Waals surface area contributed by atoms with Crippen LogP contribution in [0.4, 0.5) is 11.4 Å². The van der Waals surface area contributed by atoms with Crippen LogP contribution in [0.1, 0.15) is 23.2 Å². The first-order chi connectivity index (χ1) is 9.42. The molecule has 0 spiro atoms. The summed E-state index contributed by atoms with van der Waals surface area (Å²) in [6, 6.07) is 3.58. The van der Waals surface area contributed by atoms with Gasteiger partial charge in [-0.25, -0.2) is 14.4 Å². The van der Waals surface area contributed by atoms with Crippen LogP contribution in [-0.2, 0) is 9.59 Å². The zero-order chi connectivity index (χ0) is 14.9. The first-order valence-corrected chi connectivity index (χ1v) is 5.53. The molecule has 1 aromatic rings. The van der Waals surface area contributed by atoms with Gasteiger partial charge in [0.1, 0.15) is 5.69 Å². The maximum Gasteiger partial charge on any atom is 0.359 e. The first-order valence-electron chi connectivity index (χ1n) is 5.53. The number of nitrogens with zero attached hydrogens (tertiary/aromatic N) is 4. The van der Waals surface area contributed by atoms with Crippen molar-refractivity contribution in [1.82, 2.24) is 4.65 Å². The zero-order valence-corrected chi connectivity index (χ0v) is 10.1. The molecule has 0 unspecified atom stereocenters. The van der Waals surface area contributed by atoms with Gasteiger partial charge in [0.05, 0.1) is 18.4 Å².